The number of nitrogens with zero attached hydrogens (tertiary/aromatic N) is 1. The van der Waals surface area contributed by atoms with E-state index in [0.717, 1.165) is 12.8 Å². The van der Waals surface area contributed by atoms with Crippen molar-refractivity contribution in [2.75, 3.05) is 19.9 Å². The zero-order chi connectivity index (χ0) is 13.1. The topological polar surface area (TPSA) is 48.0 Å². The van der Waals surface area contributed by atoms with Gasteiger partial charge in [-0.1, -0.05) is 18.2 Å². The van der Waals surface area contributed by atoms with Crippen LogP contribution in [0.5, 0.6) is 17.2 Å². The van der Waals surface area contributed by atoms with Gasteiger partial charge in [0.15, 0.2) is 11.5 Å². The summed E-state index contributed by atoms with van der Waals surface area (Å²) < 4.78 is 16.0. The van der Waals surface area contributed by atoms with Gasteiger partial charge in [0.1, 0.15) is 0 Å². The molecule has 2 heterocycles. The van der Waals surface area contributed by atoms with E-state index in [9.17, 15) is 4.79 Å². The van der Waals surface area contributed by atoms with E-state index in [4.69, 9.17) is 14.2 Å². The van der Waals surface area contributed by atoms with Gasteiger partial charge in [-0.3, -0.25) is 0 Å². The van der Waals surface area contributed by atoms with Crippen molar-refractivity contribution in [3.8, 4) is 17.2 Å². The Morgan fingerprint density at radius 1 is 1.26 bits per heavy atom. The van der Waals surface area contributed by atoms with E-state index in [1.54, 1.807) is 23.1 Å². The third kappa shape index (κ3) is 2.50. The second kappa shape index (κ2) is 5.22. The van der Waals surface area contributed by atoms with Gasteiger partial charge < -0.3 is 19.1 Å². The third-order valence-electron chi connectivity index (χ3n) is 3.11. The summed E-state index contributed by atoms with van der Waals surface area (Å²) in [6.07, 6.45) is 5.68. The number of allylic oxidation sites excluding steroid dienone is 1. The van der Waals surface area contributed by atoms with Crippen LogP contribution in [0.1, 0.15) is 12.8 Å². The minimum Gasteiger partial charge on any atom is -0.453 e. The van der Waals surface area contributed by atoms with E-state index in [1.165, 1.54) is 0 Å². The molecule has 5 heteroatoms. The summed E-state index contributed by atoms with van der Waals surface area (Å²) in [4.78, 5) is 13.8. The van der Waals surface area contributed by atoms with Gasteiger partial charge in [0.2, 0.25) is 12.5 Å². The van der Waals surface area contributed by atoms with Crippen LogP contribution in [0.2, 0.25) is 0 Å². The zero-order valence-corrected chi connectivity index (χ0v) is 10.5. The molecule has 1 aromatic carbocycles. The summed E-state index contributed by atoms with van der Waals surface area (Å²) in [5, 5.41) is 0. The first-order chi connectivity index (χ1) is 9.34. The van der Waals surface area contributed by atoms with E-state index in [1.807, 2.05) is 6.08 Å². The molecule has 1 amide bonds. The van der Waals surface area contributed by atoms with E-state index in [2.05, 4.69) is 6.08 Å². The summed E-state index contributed by atoms with van der Waals surface area (Å²) in [6.45, 7) is 1.46. The predicted octanol–water partition coefficient (Wildman–Crippen LogP) is 2.57. The normalized spacial score (nSPS) is 17.2. The predicted molar refractivity (Wildman–Crippen MR) is 68.5 cm³/mol. The van der Waals surface area contributed by atoms with Gasteiger partial charge in [-0.2, -0.15) is 0 Å². The van der Waals surface area contributed by atoms with Crippen LogP contribution >= 0.6 is 0 Å². The molecular weight excluding hydrogens is 246 g/mol. The van der Waals surface area contributed by atoms with Gasteiger partial charge in [-0.15, -0.1) is 0 Å². The Labute approximate surface area is 111 Å². The molecule has 0 unspecified atom stereocenters. The van der Waals surface area contributed by atoms with Crippen LogP contribution in [0.25, 0.3) is 0 Å². The first kappa shape index (κ1) is 11.9. The molecule has 1 aromatic rings. The minimum atomic E-state index is -0.351. The molecule has 3 rings (SSSR count). The molecule has 0 spiro atoms. The summed E-state index contributed by atoms with van der Waals surface area (Å²) in [6, 6.07) is 5.27. The van der Waals surface area contributed by atoms with Crippen LogP contribution < -0.4 is 14.2 Å². The van der Waals surface area contributed by atoms with Crippen molar-refractivity contribution in [2.45, 2.75) is 12.8 Å². The lowest BCUT2D eigenvalue weighted by atomic mass is 10.3. The second-order valence-corrected chi connectivity index (χ2v) is 4.42. The molecule has 0 atom stereocenters. The smallest absolute Gasteiger partial charge is 0.415 e. The average molecular weight is 261 g/mol. The van der Waals surface area contributed by atoms with E-state index < -0.39 is 0 Å². The number of para-hydroxylation sites is 1. The summed E-state index contributed by atoms with van der Waals surface area (Å²) in [5.41, 5.74) is 0. The third-order valence-corrected chi connectivity index (χ3v) is 3.11. The highest BCUT2D eigenvalue weighted by atomic mass is 16.7. The van der Waals surface area contributed by atoms with Crippen molar-refractivity contribution in [3.05, 3.63) is 30.4 Å². The molecule has 5 nitrogen and oxygen atoms in total. The van der Waals surface area contributed by atoms with Gasteiger partial charge >= 0.3 is 6.09 Å². The van der Waals surface area contributed by atoms with Crippen LogP contribution in [0.3, 0.4) is 0 Å². The van der Waals surface area contributed by atoms with Crippen LogP contribution in [-0.4, -0.2) is 30.9 Å². The Balaban J connectivity index is 1.73. The number of carbonyl (C=O) groups is 1. The molecule has 0 aliphatic carbocycles. The fraction of sp³-hybridized carbons (Fsp3) is 0.357. The first-order valence-corrected chi connectivity index (χ1v) is 6.35. The molecule has 0 N–H and O–H groups in total. The lowest BCUT2D eigenvalue weighted by molar-refractivity contribution is 0.151. The van der Waals surface area contributed by atoms with Crippen LogP contribution in [0.15, 0.2) is 30.4 Å². The Morgan fingerprint density at radius 3 is 3.16 bits per heavy atom. The number of hydrogen-bond donors (Lipinski definition) is 0. The van der Waals surface area contributed by atoms with Crippen LogP contribution in [0.4, 0.5) is 4.79 Å². The highest BCUT2D eigenvalue weighted by molar-refractivity contribution is 5.72. The maximum absolute atomic E-state index is 12.1. The Hall–Kier alpha value is -2.17. The number of amides is 1. The van der Waals surface area contributed by atoms with Crippen molar-refractivity contribution in [1.29, 1.82) is 0 Å². The number of fused-ring (bicyclic) bond motifs is 1. The SMILES string of the molecule is O=C(Oc1cccc2c1OCO2)N1CC=CCCC1. The first-order valence-electron chi connectivity index (χ1n) is 6.35. The highest BCUT2D eigenvalue weighted by Gasteiger charge is 2.22. The van der Waals surface area contributed by atoms with Crippen molar-refractivity contribution >= 4 is 6.09 Å². The Morgan fingerprint density at radius 2 is 2.21 bits per heavy atom. The van der Waals surface area contributed by atoms with E-state index in [0.29, 0.717) is 30.3 Å². The fourth-order valence-corrected chi connectivity index (χ4v) is 2.12. The summed E-state index contributed by atoms with van der Waals surface area (Å²) in [7, 11) is 0. The van der Waals surface area contributed by atoms with Crippen molar-refractivity contribution in [3.63, 3.8) is 0 Å². The number of hydrogen-bond acceptors (Lipinski definition) is 4. The molecule has 100 valence electrons. The molecule has 19 heavy (non-hydrogen) atoms. The number of rotatable bonds is 1. The second-order valence-electron chi connectivity index (χ2n) is 4.42. The Bertz CT molecular complexity index is 512. The maximum atomic E-state index is 12.1. The monoisotopic (exact) mass is 261 g/mol. The fourth-order valence-electron chi connectivity index (χ4n) is 2.12. The quantitative estimate of drug-likeness (QED) is 0.729. The zero-order valence-electron chi connectivity index (χ0n) is 10.5. The standard InChI is InChI=1S/C14H15NO4/c16-14(15-8-3-1-2-4-9-15)19-12-7-5-6-11-13(12)18-10-17-11/h1,3,5-7H,2,4,8-10H2. The number of benzene rings is 1. The summed E-state index contributed by atoms with van der Waals surface area (Å²) >= 11 is 0. The minimum absolute atomic E-state index is 0.163. The van der Waals surface area contributed by atoms with Crippen LogP contribution in [0, 0.1) is 0 Å². The summed E-state index contributed by atoms with van der Waals surface area (Å²) in [5.74, 6) is 1.52. The highest BCUT2D eigenvalue weighted by Crippen LogP contribution is 2.40. The molecule has 0 fully saturated rings. The van der Waals surface area contributed by atoms with Crippen LogP contribution in [-0.2, 0) is 0 Å². The van der Waals surface area contributed by atoms with Gasteiger partial charge in [-0.25, -0.2) is 4.79 Å². The average Bonchev–Trinajstić information content (AvgIpc) is 2.73. The van der Waals surface area contributed by atoms with Crippen molar-refractivity contribution in [1.82, 2.24) is 4.90 Å². The number of carbonyl (C=O) groups excluding carboxylic acids is 1. The van der Waals surface area contributed by atoms with Crippen molar-refractivity contribution < 1.29 is 19.0 Å². The van der Waals surface area contributed by atoms with Gasteiger partial charge in [0.25, 0.3) is 0 Å². The molecule has 2 aliphatic rings. The molecule has 0 saturated heterocycles. The van der Waals surface area contributed by atoms with Crippen molar-refractivity contribution in [2.24, 2.45) is 0 Å². The lowest BCUT2D eigenvalue weighted by Gasteiger charge is -2.19. The van der Waals surface area contributed by atoms with E-state index in [-0.39, 0.29) is 12.9 Å². The van der Waals surface area contributed by atoms with Gasteiger partial charge in [-0.05, 0) is 25.0 Å². The molecule has 0 aromatic heterocycles. The molecule has 0 radical (unpaired) electrons. The largest absolute Gasteiger partial charge is 0.453 e. The maximum Gasteiger partial charge on any atom is 0.415 e. The van der Waals surface area contributed by atoms with E-state index >= 15 is 0 Å². The molecule has 0 saturated carbocycles. The molecule has 2 aliphatic heterocycles. The van der Waals surface area contributed by atoms with Gasteiger partial charge in [0.05, 0.1) is 0 Å². The molecule has 0 bridgehead atoms. The molecular formula is C14H15NO4. The number of ether oxygens (including phenoxy) is 3. The van der Waals surface area contributed by atoms with Gasteiger partial charge in [0, 0.05) is 13.1 Å². The lowest BCUT2D eigenvalue weighted by Crippen LogP contribution is -2.34. The Kier molecular flexibility index (Phi) is 3.27.